The molecule has 0 aromatic heterocycles. The third kappa shape index (κ3) is 4.35. The van der Waals surface area contributed by atoms with Crippen LogP contribution in [0.25, 0.3) is 0 Å². The molecule has 2 N–H and O–H groups in total. The van der Waals surface area contributed by atoms with Crippen molar-refractivity contribution in [3.05, 3.63) is 58.6 Å². The molecule has 0 fully saturated rings. The molecule has 0 bridgehead atoms. The third-order valence-corrected chi connectivity index (χ3v) is 4.68. The molecule has 136 valence electrons. The van der Waals surface area contributed by atoms with E-state index in [9.17, 15) is 9.59 Å². The summed E-state index contributed by atoms with van der Waals surface area (Å²) >= 11 is 5.85. The number of carbonyl (C=O) groups is 2. The number of halogens is 1. The minimum atomic E-state index is -0.266. The van der Waals surface area contributed by atoms with Crippen molar-refractivity contribution in [2.45, 2.75) is 32.7 Å². The lowest BCUT2D eigenvalue weighted by molar-refractivity contribution is -0.118. The van der Waals surface area contributed by atoms with Gasteiger partial charge in [-0.1, -0.05) is 30.7 Å². The van der Waals surface area contributed by atoms with E-state index in [-0.39, 0.29) is 11.9 Å². The molecule has 2 aromatic rings. The number of aryl methyl sites for hydroxylation is 1. The Balaban J connectivity index is 1.62. The van der Waals surface area contributed by atoms with Gasteiger partial charge in [0.2, 0.25) is 5.91 Å². The second kappa shape index (κ2) is 8.23. The highest BCUT2D eigenvalue weighted by Gasteiger charge is 2.21. The van der Waals surface area contributed by atoms with E-state index in [2.05, 4.69) is 10.6 Å². The summed E-state index contributed by atoms with van der Waals surface area (Å²) < 4.78 is 0. The monoisotopic (exact) mass is 371 g/mol. The van der Waals surface area contributed by atoms with E-state index in [1.54, 1.807) is 12.1 Å². The van der Waals surface area contributed by atoms with Crippen LogP contribution in [0, 0.1) is 0 Å². The van der Waals surface area contributed by atoms with Crippen LogP contribution in [-0.2, 0) is 17.8 Å². The zero-order chi connectivity index (χ0) is 18.5. The number of anilines is 2. The molecule has 6 heteroatoms. The first-order valence-corrected chi connectivity index (χ1v) is 9.17. The number of hydrogen-bond donors (Lipinski definition) is 2. The van der Waals surface area contributed by atoms with E-state index in [0.717, 1.165) is 41.9 Å². The molecule has 1 heterocycles. The van der Waals surface area contributed by atoms with Crippen LogP contribution in [0.3, 0.4) is 0 Å². The van der Waals surface area contributed by atoms with Gasteiger partial charge in [0.05, 0.1) is 0 Å². The maximum atomic E-state index is 12.1. The number of benzene rings is 2. The van der Waals surface area contributed by atoms with Gasteiger partial charge < -0.3 is 15.5 Å². The number of urea groups is 1. The molecule has 1 aliphatic rings. The van der Waals surface area contributed by atoms with Gasteiger partial charge in [0, 0.05) is 35.9 Å². The summed E-state index contributed by atoms with van der Waals surface area (Å²) in [7, 11) is 0. The van der Waals surface area contributed by atoms with Crippen molar-refractivity contribution < 1.29 is 9.59 Å². The van der Waals surface area contributed by atoms with Crippen LogP contribution >= 0.6 is 11.6 Å². The largest absolute Gasteiger partial charge is 0.334 e. The molecule has 1 aliphatic heterocycles. The van der Waals surface area contributed by atoms with E-state index in [1.807, 2.05) is 42.2 Å². The molecule has 0 saturated carbocycles. The van der Waals surface area contributed by atoms with Crippen LogP contribution in [0.2, 0.25) is 5.02 Å². The van der Waals surface area contributed by atoms with Crippen molar-refractivity contribution in [3.63, 3.8) is 0 Å². The smallest absolute Gasteiger partial charge is 0.319 e. The summed E-state index contributed by atoms with van der Waals surface area (Å²) in [6, 6.07) is 12.8. The van der Waals surface area contributed by atoms with Crippen molar-refractivity contribution in [2.24, 2.45) is 0 Å². The summed E-state index contributed by atoms with van der Waals surface area (Å²) in [5.41, 5.74) is 3.75. The van der Waals surface area contributed by atoms with Gasteiger partial charge in [-0.05, 0) is 54.3 Å². The van der Waals surface area contributed by atoms with Gasteiger partial charge >= 0.3 is 6.03 Å². The Kier molecular flexibility index (Phi) is 5.78. The standard InChI is InChI=1S/C20H22ClN3O2/c1-2-19(25)24-11-3-4-15-12-17(9-10-18(15)24)23-20(26)22-13-14-5-7-16(21)8-6-14/h5-10,12H,2-4,11,13H2,1H3,(H2,22,23,26). The van der Waals surface area contributed by atoms with Crippen molar-refractivity contribution >= 4 is 34.9 Å². The second-order valence-electron chi connectivity index (χ2n) is 6.28. The van der Waals surface area contributed by atoms with Gasteiger partial charge in [-0.2, -0.15) is 0 Å². The fourth-order valence-corrected chi connectivity index (χ4v) is 3.21. The van der Waals surface area contributed by atoms with Crippen molar-refractivity contribution in [1.82, 2.24) is 5.32 Å². The molecule has 26 heavy (non-hydrogen) atoms. The van der Waals surface area contributed by atoms with Gasteiger partial charge in [0.25, 0.3) is 0 Å². The number of amides is 3. The van der Waals surface area contributed by atoms with Crippen LogP contribution in [0.1, 0.15) is 30.9 Å². The van der Waals surface area contributed by atoms with Crippen LogP contribution in [0.15, 0.2) is 42.5 Å². The van der Waals surface area contributed by atoms with Crippen LogP contribution < -0.4 is 15.5 Å². The predicted molar refractivity (Wildman–Crippen MR) is 105 cm³/mol. The molecule has 0 radical (unpaired) electrons. The number of hydrogen-bond acceptors (Lipinski definition) is 2. The summed E-state index contributed by atoms with van der Waals surface area (Å²) in [5, 5.41) is 6.35. The topological polar surface area (TPSA) is 61.4 Å². The fraction of sp³-hybridized carbons (Fsp3) is 0.300. The highest BCUT2D eigenvalue weighted by Crippen LogP contribution is 2.30. The first-order valence-electron chi connectivity index (χ1n) is 8.79. The lowest BCUT2D eigenvalue weighted by atomic mass is 10.0. The van der Waals surface area contributed by atoms with Gasteiger partial charge in [-0.15, -0.1) is 0 Å². The molecule has 5 nitrogen and oxygen atoms in total. The van der Waals surface area contributed by atoms with E-state index < -0.39 is 0 Å². The Bertz CT molecular complexity index is 805. The SMILES string of the molecule is CCC(=O)N1CCCc2cc(NC(=O)NCc3ccc(Cl)cc3)ccc21. The Morgan fingerprint density at radius 3 is 2.65 bits per heavy atom. The van der Waals surface area contributed by atoms with E-state index in [0.29, 0.717) is 18.0 Å². The van der Waals surface area contributed by atoms with Crippen molar-refractivity contribution in [2.75, 3.05) is 16.8 Å². The fourth-order valence-electron chi connectivity index (χ4n) is 3.08. The van der Waals surface area contributed by atoms with Gasteiger partial charge in [0.1, 0.15) is 0 Å². The zero-order valence-electron chi connectivity index (χ0n) is 14.7. The Morgan fingerprint density at radius 2 is 1.92 bits per heavy atom. The quantitative estimate of drug-likeness (QED) is 0.839. The molecule has 0 atom stereocenters. The van der Waals surface area contributed by atoms with Crippen molar-refractivity contribution in [1.29, 1.82) is 0 Å². The molecule has 0 unspecified atom stereocenters. The minimum Gasteiger partial charge on any atom is -0.334 e. The van der Waals surface area contributed by atoms with E-state index in [4.69, 9.17) is 11.6 Å². The first kappa shape index (κ1) is 18.3. The Hall–Kier alpha value is -2.53. The molecule has 0 spiro atoms. The Labute approximate surface area is 158 Å². The summed E-state index contributed by atoms with van der Waals surface area (Å²) in [6.07, 6.45) is 2.34. The van der Waals surface area contributed by atoms with Crippen LogP contribution in [-0.4, -0.2) is 18.5 Å². The number of fused-ring (bicyclic) bond motifs is 1. The highest BCUT2D eigenvalue weighted by atomic mass is 35.5. The second-order valence-corrected chi connectivity index (χ2v) is 6.72. The number of rotatable bonds is 4. The minimum absolute atomic E-state index is 0.132. The predicted octanol–water partition coefficient (Wildman–Crippen LogP) is 4.35. The number of nitrogens with zero attached hydrogens (tertiary/aromatic N) is 1. The highest BCUT2D eigenvalue weighted by molar-refractivity contribution is 6.30. The summed E-state index contributed by atoms with van der Waals surface area (Å²) in [5.74, 6) is 0.132. The van der Waals surface area contributed by atoms with Gasteiger partial charge in [-0.3, -0.25) is 4.79 Å². The summed E-state index contributed by atoms with van der Waals surface area (Å²) in [6.45, 7) is 3.05. The number of nitrogens with one attached hydrogen (secondary N) is 2. The first-order chi connectivity index (χ1) is 12.6. The van der Waals surface area contributed by atoms with Gasteiger partial charge in [-0.25, -0.2) is 4.79 Å². The van der Waals surface area contributed by atoms with Crippen LogP contribution in [0.4, 0.5) is 16.2 Å². The van der Waals surface area contributed by atoms with Crippen LogP contribution in [0.5, 0.6) is 0 Å². The maximum Gasteiger partial charge on any atom is 0.319 e. The number of carbonyl (C=O) groups excluding carboxylic acids is 2. The molecular formula is C20H22ClN3O2. The third-order valence-electron chi connectivity index (χ3n) is 4.43. The average Bonchev–Trinajstić information content (AvgIpc) is 2.66. The maximum absolute atomic E-state index is 12.1. The lowest BCUT2D eigenvalue weighted by Gasteiger charge is -2.29. The van der Waals surface area contributed by atoms with Gasteiger partial charge in [0.15, 0.2) is 0 Å². The molecular weight excluding hydrogens is 350 g/mol. The molecule has 3 amide bonds. The van der Waals surface area contributed by atoms with Crippen molar-refractivity contribution in [3.8, 4) is 0 Å². The Morgan fingerprint density at radius 1 is 1.15 bits per heavy atom. The molecule has 0 saturated heterocycles. The molecule has 2 aromatic carbocycles. The van der Waals surface area contributed by atoms with E-state index >= 15 is 0 Å². The van der Waals surface area contributed by atoms with E-state index in [1.165, 1.54) is 0 Å². The zero-order valence-corrected chi connectivity index (χ0v) is 15.5. The molecule has 3 rings (SSSR count). The normalized spacial score (nSPS) is 13.1. The molecule has 0 aliphatic carbocycles. The average molecular weight is 372 g/mol. The lowest BCUT2D eigenvalue weighted by Crippen LogP contribution is -2.35. The summed E-state index contributed by atoms with van der Waals surface area (Å²) in [4.78, 5) is 26.0.